The number of halogens is 2. The summed E-state index contributed by atoms with van der Waals surface area (Å²) in [5.41, 5.74) is 9.92. The average Bonchev–Trinajstić information content (AvgIpc) is 3.36. The number of hydrogen-bond acceptors (Lipinski definition) is 4. The predicted molar refractivity (Wildman–Crippen MR) is 134 cm³/mol. The quantitative estimate of drug-likeness (QED) is 0.461. The monoisotopic (exact) mass is 462 g/mol. The van der Waals surface area contributed by atoms with Gasteiger partial charge in [-0.3, -0.25) is 15.4 Å². The minimum absolute atomic E-state index is 0.0212. The molecule has 1 N–H and O–H groups in total. The summed E-state index contributed by atoms with van der Waals surface area (Å²) in [6.07, 6.45) is 1.02. The van der Waals surface area contributed by atoms with E-state index < -0.39 is 0 Å². The number of para-hydroxylation sites is 1. The maximum atomic E-state index is 6.15. The van der Waals surface area contributed by atoms with Gasteiger partial charge in [-0.1, -0.05) is 67.0 Å². The molecule has 0 amide bonds. The van der Waals surface area contributed by atoms with Crippen LogP contribution in [0.1, 0.15) is 24.1 Å². The lowest BCUT2D eigenvalue weighted by Crippen LogP contribution is -2.39. The molecular formula is C26H24Cl2N4. The van der Waals surface area contributed by atoms with Gasteiger partial charge in [0.2, 0.25) is 0 Å². The Hall–Kier alpha value is -2.95. The standard InChI is InChI=1S/C26H24Cl2N4/c1-17-25(18(2)29-31-16-15-19-5-3-4-6-24(19)31)30-32(23-13-11-22(28)12-14-23)26(17)20-7-9-21(27)10-8-20/h3-14,17,26,29H,2,15-16H2,1H3/t17-,26-/m1/s1. The Balaban J connectivity index is 1.46. The Labute approximate surface area is 198 Å². The second-order valence-electron chi connectivity index (χ2n) is 8.21. The Morgan fingerprint density at radius 3 is 2.34 bits per heavy atom. The minimum atomic E-state index is 0.0212. The maximum absolute atomic E-state index is 6.15. The van der Waals surface area contributed by atoms with Crippen LogP contribution in [0.2, 0.25) is 10.0 Å². The number of hydrazine groups is 1. The summed E-state index contributed by atoms with van der Waals surface area (Å²) in [4.78, 5) is 0. The molecule has 162 valence electrons. The van der Waals surface area contributed by atoms with E-state index in [9.17, 15) is 0 Å². The Bertz CT molecular complexity index is 1170. The van der Waals surface area contributed by atoms with Gasteiger partial charge in [-0.15, -0.1) is 0 Å². The highest BCUT2D eigenvalue weighted by Crippen LogP contribution is 2.41. The lowest BCUT2D eigenvalue weighted by Gasteiger charge is -2.27. The van der Waals surface area contributed by atoms with Crippen LogP contribution >= 0.6 is 23.2 Å². The van der Waals surface area contributed by atoms with Crippen LogP contribution in [0.15, 0.2) is 90.2 Å². The van der Waals surface area contributed by atoms with Crippen LogP contribution in [0.5, 0.6) is 0 Å². The van der Waals surface area contributed by atoms with Crippen LogP contribution in [-0.2, 0) is 6.42 Å². The van der Waals surface area contributed by atoms with Crippen LogP contribution in [0.3, 0.4) is 0 Å². The van der Waals surface area contributed by atoms with Gasteiger partial charge in [0.05, 0.1) is 28.8 Å². The Kier molecular flexibility index (Phi) is 5.58. The van der Waals surface area contributed by atoms with Crippen molar-refractivity contribution in [3.05, 3.63) is 106 Å². The predicted octanol–water partition coefficient (Wildman–Crippen LogP) is 6.63. The second-order valence-corrected chi connectivity index (χ2v) is 9.08. The van der Waals surface area contributed by atoms with Crippen molar-refractivity contribution in [2.24, 2.45) is 11.0 Å². The van der Waals surface area contributed by atoms with E-state index >= 15 is 0 Å². The molecule has 3 aromatic carbocycles. The molecule has 2 heterocycles. The third-order valence-corrected chi connectivity index (χ3v) is 6.66. The van der Waals surface area contributed by atoms with Gasteiger partial charge < -0.3 is 0 Å². The molecule has 6 heteroatoms. The Morgan fingerprint density at radius 2 is 1.62 bits per heavy atom. The summed E-state index contributed by atoms with van der Waals surface area (Å²) in [6.45, 7) is 7.45. The van der Waals surface area contributed by atoms with Crippen molar-refractivity contribution in [1.29, 1.82) is 0 Å². The second kappa shape index (κ2) is 8.53. The van der Waals surface area contributed by atoms with Crippen LogP contribution in [0.4, 0.5) is 11.4 Å². The van der Waals surface area contributed by atoms with E-state index in [0.29, 0.717) is 5.02 Å². The molecule has 4 nitrogen and oxygen atoms in total. The molecule has 3 aromatic rings. The lowest BCUT2D eigenvalue weighted by molar-refractivity contribution is 0.586. The molecule has 0 saturated heterocycles. The van der Waals surface area contributed by atoms with Crippen molar-refractivity contribution < 1.29 is 0 Å². The summed E-state index contributed by atoms with van der Waals surface area (Å²) in [6, 6.07) is 24.2. The van der Waals surface area contributed by atoms with E-state index in [1.165, 1.54) is 11.3 Å². The number of hydrazone groups is 1. The molecule has 2 aliphatic rings. The number of allylic oxidation sites excluding steroid dienone is 1. The molecule has 0 fully saturated rings. The van der Waals surface area contributed by atoms with Crippen molar-refractivity contribution in [2.45, 2.75) is 19.4 Å². The van der Waals surface area contributed by atoms with E-state index in [2.05, 4.69) is 65.3 Å². The fourth-order valence-electron chi connectivity index (χ4n) is 4.54. The zero-order chi connectivity index (χ0) is 22.2. The number of rotatable bonds is 5. The molecule has 0 unspecified atom stereocenters. The van der Waals surface area contributed by atoms with Gasteiger partial charge in [0.1, 0.15) is 0 Å². The molecule has 0 aromatic heterocycles. The third-order valence-electron chi connectivity index (χ3n) is 6.15. The zero-order valence-corrected chi connectivity index (χ0v) is 19.3. The molecular weight excluding hydrogens is 439 g/mol. The average molecular weight is 463 g/mol. The number of hydrogen-bond donors (Lipinski definition) is 1. The molecule has 0 bridgehead atoms. The van der Waals surface area contributed by atoms with E-state index in [0.717, 1.165) is 40.6 Å². The fraction of sp³-hybridized carbons (Fsp3) is 0.192. The first kappa shape index (κ1) is 20.9. The first-order valence-electron chi connectivity index (χ1n) is 10.7. The topological polar surface area (TPSA) is 30.9 Å². The first-order valence-corrected chi connectivity index (χ1v) is 11.5. The van der Waals surface area contributed by atoms with Crippen LogP contribution in [0.25, 0.3) is 0 Å². The largest absolute Gasteiger partial charge is 0.297 e. The molecule has 0 saturated carbocycles. The molecule has 2 aliphatic heterocycles. The van der Waals surface area contributed by atoms with Gasteiger partial charge in [-0.2, -0.15) is 5.10 Å². The van der Waals surface area contributed by atoms with Gasteiger partial charge in [0, 0.05) is 22.5 Å². The fourth-order valence-corrected chi connectivity index (χ4v) is 4.79. The zero-order valence-electron chi connectivity index (χ0n) is 17.8. The number of fused-ring (bicyclic) bond motifs is 1. The van der Waals surface area contributed by atoms with Gasteiger partial charge >= 0.3 is 0 Å². The van der Waals surface area contributed by atoms with Gasteiger partial charge in [0.15, 0.2) is 0 Å². The molecule has 5 rings (SSSR count). The van der Waals surface area contributed by atoms with E-state index in [1.807, 2.05) is 36.4 Å². The summed E-state index contributed by atoms with van der Waals surface area (Å²) in [5.74, 6) is 0.115. The maximum Gasteiger partial charge on any atom is 0.0905 e. The first-order chi connectivity index (χ1) is 15.5. The lowest BCUT2D eigenvalue weighted by atomic mass is 9.90. The van der Waals surface area contributed by atoms with Gasteiger partial charge in [0.25, 0.3) is 0 Å². The highest BCUT2D eigenvalue weighted by atomic mass is 35.5. The summed E-state index contributed by atoms with van der Waals surface area (Å²) in [5, 5.41) is 10.7. The van der Waals surface area contributed by atoms with Crippen molar-refractivity contribution >= 4 is 40.3 Å². The molecule has 2 atom stereocenters. The SMILES string of the molecule is C=C(NN1CCc2ccccc21)C1=NN(c2ccc(Cl)cc2)[C@@H](c2ccc(Cl)cc2)[C@@H]1C. The van der Waals surface area contributed by atoms with Crippen molar-refractivity contribution in [2.75, 3.05) is 16.6 Å². The van der Waals surface area contributed by atoms with E-state index in [-0.39, 0.29) is 12.0 Å². The minimum Gasteiger partial charge on any atom is -0.297 e. The van der Waals surface area contributed by atoms with Crippen molar-refractivity contribution in [1.82, 2.24) is 5.43 Å². The number of nitrogens with one attached hydrogen (secondary N) is 1. The smallest absolute Gasteiger partial charge is 0.0905 e. The van der Waals surface area contributed by atoms with Crippen LogP contribution in [0, 0.1) is 5.92 Å². The van der Waals surface area contributed by atoms with Crippen molar-refractivity contribution in [3.63, 3.8) is 0 Å². The van der Waals surface area contributed by atoms with Crippen LogP contribution in [-0.4, -0.2) is 12.3 Å². The third kappa shape index (κ3) is 3.85. The highest BCUT2D eigenvalue weighted by Gasteiger charge is 2.38. The molecule has 0 spiro atoms. The van der Waals surface area contributed by atoms with Crippen LogP contribution < -0.4 is 15.4 Å². The molecule has 32 heavy (non-hydrogen) atoms. The molecule has 0 radical (unpaired) electrons. The number of nitrogens with zero attached hydrogens (tertiary/aromatic N) is 3. The van der Waals surface area contributed by atoms with Crippen molar-refractivity contribution in [3.8, 4) is 0 Å². The molecule has 0 aliphatic carbocycles. The summed E-state index contributed by atoms with van der Waals surface area (Å²) < 4.78 is 0. The number of benzene rings is 3. The summed E-state index contributed by atoms with van der Waals surface area (Å²) >= 11 is 12.3. The normalized spacial score (nSPS) is 19.7. The number of anilines is 2. The van der Waals surface area contributed by atoms with Gasteiger partial charge in [-0.05, 0) is 60.0 Å². The van der Waals surface area contributed by atoms with E-state index in [1.54, 1.807) is 0 Å². The van der Waals surface area contributed by atoms with Gasteiger partial charge in [-0.25, -0.2) is 0 Å². The highest BCUT2D eigenvalue weighted by molar-refractivity contribution is 6.30. The summed E-state index contributed by atoms with van der Waals surface area (Å²) in [7, 11) is 0. The Morgan fingerprint density at radius 1 is 0.969 bits per heavy atom. The van der Waals surface area contributed by atoms with E-state index in [4.69, 9.17) is 28.3 Å².